The molecule has 0 bridgehead atoms. The minimum atomic E-state index is -3.60. The third-order valence-electron chi connectivity index (χ3n) is 4.35. The zero-order valence-electron chi connectivity index (χ0n) is 12.3. The van der Waals surface area contributed by atoms with E-state index in [2.05, 4.69) is 5.32 Å². The van der Waals surface area contributed by atoms with Crippen molar-refractivity contribution < 1.29 is 12.8 Å². The Labute approximate surface area is 124 Å². The SMILES string of the molecule is CC[C@]1(C)C(=N)N[C@](C)(c2cc(N)ccc2F)CS1(=O)=O. The van der Waals surface area contributed by atoms with Crippen LogP contribution >= 0.6 is 0 Å². The number of sulfone groups is 1. The van der Waals surface area contributed by atoms with Gasteiger partial charge in [0.15, 0.2) is 9.84 Å². The second-order valence-electron chi connectivity index (χ2n) is 5.91. The molecule has 1 saturated heterocycles. The average Bonchev–Trinajstić information content (AvgIpc) is 2.38. The minimum absolute atomic E-state index is 0.111. The van der Waals surface area contributed by atoms with E-state index >= 15 is 0 Å². The summed E-state index contributed by atoms with van der Waals surface area (Å²) in [5.74, 6) is -0.935. The van der Waals surface area contributed by atoms with Crippen LogP contribution in [0.4, 0.5) is 10.1 Å². The first kappa shape index (κ1) is 15.8. The predicted octanol–water partition coefficient (Wildman–Crippen LogP) is 1.79. The van der Waals surface area contributed by atoms with Crippen LogP contribution in [-0.4, -0.2) is 24.8 Å². The van der Waals surface area contributed by atoms with Crippen molar-refractivity contribution in [1.29, 1.82) is 5.41 Å². The zero-order valence-corrected chi connectivity index (χ0v) is 13.1. The third-order valence-corrected chi connectivity index (χ3v) is 7.18. The number of nitrogen functional groups attached to an aromatic ring is 1. The summed E-state index contributed by atoms with van der Waals surface area (Å²) in [5.41, 5.74) is 4.98. The summed E-state index contributed by atoms with van der Waals surface area (Å²) < 4.78 is 38.0. The van der Waals surface area contributed by atoms with Gasteiger partial charge in [0.1, 0.15) is 16.4 Å². The maximum absolute atomic E-state index is 14.1. The molecule has 0 radical (unpaired) electrons. The van der Waals surface area contributed by atoms with Gasteiger partial charge in [0, 0.05) is 11.3 Å². The van der Waals surface area contributed by atoms with Crippen LogP contribution in [0.3, 0.4) is 0 Å². The van der Waals surface area contributed by atoms with E-state index in [1.807, 2.05) is 0 Å². The highest BCUT2D eigenvalue weighted by Gasteiger charge is 2.52. The van der Waals surface area contributed by atoms with Crippen molar-refractivity contribution in [3.8, 4) is 0 Å². The van der Waals surface area contributed by atoms with E-state index in [1.165, 1.54) is 25.1 Å². The van der Waals surface area contributed by atoms with Gasteiger partial charge in [0.05, 0.1) is 11.3 Å². The Morgan fingerprint density at radius 2 is 2.05 bits per heavy atom. The van der Waals surface area contributed by atoms with Crippen molar-refractivity contribution in [2.75, 3.05) is 11.5 Å². The van der Waals surface area contributed by atoms with Crippen molar-refractivity contribution in [3.05, 3.63) is 29.6 Å². The quantitative estimate of drug-likeness (QED) is 0.725. The number of rotatable bonds is 2. The number of benzene rings is 1. The van der Waals surface area contributed by atoms with Crippen molar-refractivity contribution in [1.82, 2.24) is 5.32 Å². The zero-order chi connectivity index (χ0) is 16.1. The molecular formula is C14H20FN3O2S. The van der Waals surface area contributed by atoms with Gasteiger partial charge in [-0.1, -0.05) is 6.92 Å². The van der Waals surface area contributed by atoms with Crippen LogP contribution in [0.25, 0.3) is 0 Å². The van der Waals surface area contributed by atoms with E-state index < -0.39 is 25.9 Å². The standard InChI is InChI=1S/C14H20FN3O2S/c1-4-14(3)12(17)18-13(2,8-21(14,19)20)10-7-9(16)5-6-11(10)15/h5-7H,4,8,16H2,1-3H3,(H2,17,18)/t13-,14+/m0/s1. The molecule has 0 spiro atoms. The summed E-state index contributed by atoms with van der Waals surface area (Å²) in [6, 6.07) is 4.04. The van der Waals surface area contributed by atoms with E-state index in [1.54, 1.807) is 13.8 Å². The smallest absolute Gasteiger partial charge is 0.165 e. The fourth-order valence-corrected chi connectivity index (χ4v) is 4.75. The molecule has 1 aliphatic rings. The van der Waals surface area contributed by atoms with E-state index in [9.17, 15) is 12.8 Å². The molecule has 1 fully saturated rings. The molecule has 2 atom stereocenters. The number of nitrogens with one attached hydrogen (secondary N) is 2. The third kappa shape index (κ3) is 2.29. The summed E-state index contributed by atoms with van der Waals surface area (Å²) in [4.78, 5) is 0. The summed E-state index contributed by atoms with van der Waals surface area (Å²) in [7, 11) is -3.60. The first-order chi connectivity index (χ1) is 9.56. The number of hydrogen-bond donors (Lipinski definition) is 3. The average molecular weight is 313 g/mol. The molecular weight excluding hydrogens is 293 g/mol. The highest BCUT2D eigenvalue weighted by Crippen LogP contribution is 2.37. The molecule has 1 aromatic rings. The summed E-state index contributed by atoms with van der Waals surface area (Å²) in [6.45, 7) is 4.82. The monoisotopic (exact) mass is 313 g/mol. The largest absolute Gasteiger partial charge is 0.399 e. The van der Waals surface area contributed by atoms with Crippen molar-refractivity contribution in [2.45, 2.75) is 37.5 Å². The molecule has 2 rings (SSSR count). The van der Waals surface area contributed by atoms with Gasteiger partial charge in [0.25, 0.3) is 0 Å². The summed E-state index contributed by atoms with van der Waals surface area (Å²) in [6.07, 6.45) is 0.288. The number of amidine groups is 1. The Morgan fingerprint density at radius 1 is 1.43 bits per heavy atom. The normalized spacial score (nSPS) is 31.7. The Bertz CT molecular complexity index is 704. The lowest BCUT2D eigenvalue weighted by Gasteiger charge is -2.44. The van der Waals surface area contributed by atoms with E-state index in [0.717, 1.165) is 0 Å². The first-order valence-electron chi connectivity index (χ1n) is 6.71. The second-order valence-corrected chi connectivity index (χ2v) is 8.33. The number of nitrogens with two attached hydrogens (primary N) is 1. The van der Waals surface area contributed by atoms with Gasteiger partial charge in [-0.2, -0.15) is 0 Å². The van der Waals surface area contributed by atoms with E-state index in [4.69, 9.17) is 11.1 Å². The highest BCUT2D eigenvalue weighted by molar-refractivity contribution is 7.93. The molecule has 0 amide bonds. The molecule has 1 aromatic carbocycles. The fourth-order valence-electron chi connectivity index (χ4n) is 2.65. The van der Waals surface area contributed by atoms with Gasteiger partial charge in [-0.15, -0.1) is 0 Å². The van der Waals surface area contributed by atoms with Gasteiger partial charge in [-0.05, 0) is 38.5 Å². The number of anilines is 1. The molecule has 0 unspecified atom stereocenters. The van der Waals surface area contributed by atoms with Gasteiger partial charge in [0.2, 0.25) is 0 Å². The van der Waals surface area contributed by atoms with Gasteiger partial charge in [-0.25, -0.2) is 12.8 Å². The Hall–Kier alpha value is -1.63. The fraction of sp³-hybridized carbons (Fsp3) is 0.500. The minimum Gasteiger partial charge on any atom is -0.399 e. The summed E-state index contributed by atoms with van der Waals surface area (Å²) >= 11 is 0. The molecule has 116 valence electrons. The van der Waals surface area contributed by atoms with Crippen LogP contribution in [-0.2, 0) is 15.4 Å². The Morgan fingerprint density at radius 3 is 2.57 bits per heavy atom. The van der Waals surface area contributed by atoms with Crippen LogP contribution in [0.2, 0.25) is 0 Å². The van der Waals surface area contributed by atoms with Gasteiger partial charge in [-0.3, -0.25) is 5.41 Å². The van der Waals surface area contributed by atoms with Gasteiger partial charge >= 0.3 is 0 Å². The predicted molar refractivity (Wildman–Crippen MR) is 81.5 cm³/mol. The molecule has 0 aliphatic carbocycles. The molecule has 1 heterocycles. The first-order valence-corrected chi connectivity index (χ1v) is 8.36. The lowest BCUT2D eigenvalue weighted by molar-refractivity contribution is 0.417. The van der Waals surface area contributed by atoms with E-state index in [-0.39, 0.29) is 23.6 Å². The maximum Gasteiger partial charge on any atom is 0.165 e. The number of hydrogen-bond acceptors (Lipinski definition) is 4. The van der Waals surface area contributed by atoms with Crippen LogP contribution in [0.5, 0.6) is 0 Å². The second kappa shape index (κ2) is 4.69. The van der Waals surface area contributed by atoms with Crippen LogP contribution in [0.1, 0.15) is 32.8 Å². The van der Waals surface area contributed by atoms with Crippen molar-refractivity contribution in [3.63, 3.8) is 0 Å². The highest BCUT2D eigenvalue weighted by atomic mass is 32.2. The van der Waals surface area contributed by atoms with Crippen molar-refractivity contribution in [2.24, 2.45) is 0 Å². The molecule has 21 heavy (non-hydrogen) atoms. The lowest BCUT2D eigenvalue weighted by Crippen LogP contribution is -2.64. The molecule has 0 saturated carbocycles. The van der Waals surface area contributed by atoms with Crippen LogP contribution < -0.4 is 11.1 Å². The molecule has 0 aromatic heterocycles. The van der Waals surface area contributed by atoms with E-state index in [0.29, 0.717) is 5.69 Å². The molecule has 1 aliphatic heterocycles. The topological polar surface area (TPSA) is 96.0 Å². The van der Waals surface area contributed by atoms with Gasteiger partial charge < -0.3 is 11.1 Å². The van der Waals surface area contributed by atoms with Crippen LogP contribution in [0.15, 0.2) is 18.2 Å². The van der Waals surface area contributed by atoms with Crippen molar-refractivity contribution >= 4 is 21.4 Å². The molecule has 7 heteroatoms. The number of halogens is 1. The lowest BCUT2D eigenvalue weighted by atomic mass is 9.91. The summed E-state index contributed by atoms with van der Waals surface area (Å²) in [5, 5.41) is 11.0. The molecule has 4 N–H and O–H groups in total. The maximum atomic E-state index is 14.1. The van der Waals surface area contributed by atoms with Crippen LogP contribution in [0, 0.1) is 11.2 Å². The Balaban J connectivity index is 2.57. The molecule has 5 nitrogen and oxygen atoms in total. The Kier molecular flexibility index (Phi) is 3.52.